The SMILES string of the molecule is c1cc2c(cc1CC1CCCN1)CCO2. The van der Waals surface area contributed by atoms with Gasteiger partial charge in [0, 0.05) is 12.5 Å². The highest BCUT2D eigenvalue weighted by Gasteiger charge is 2.16. The molecule has 2 heterocycles. The minimum absolute atomic E-state index is 0.699. The third kappa shape index (κ3) is 1.86. The standard InChI is InChI=1S/C13H17NO/c1-2-12(14-6-1)9-10-3-4-13-11(8-10)5-7-15-13/h3-4,8,12,14H,1-2,5-7,9H2. The van der Waals surface area contributed by atoms with Crippen LogP contribution in [0, 0.1) is 0 Å². The number of hydrogen-bond donors (Lipinski definition) is 1. The van der Waals surface area contributed by atoms with Crippen molar-refractivity contribution in [2.75, 3.05) is 13.2 Å². The first-order chi connectivity index (χ1) is 7.42. The average molecular weight is 203 g/mol. The Morgan fingerprint density at radius 1 is 1.40 bits per heavy atom. The molecule has 1 atom stereocenters. The summed E-state index contributed by atoms with van der Waals surface area (Å²) in [6, 6.07) is 7.37. The number of fused-ring (bicyclic) bond motifs is 1. The Bertz CT molecular complexity index is 356. The minimum atomic E-state index is 0.699. The molecule has 1 N–H and O–H groups in total. The fourth-order valence-corrected chi connectivity index (χ4v) is 2.58. The van der Waals surface area contributed by atoms with Crippen LogP contribution in [-0.4, -0.2) is 19.2 Å². The van der Waals surface area contributed by atoms with Crippen LogP contribution in [0.5, 0.6) is 5.75 Å². The first-order valence-electron chi connectivity index (χ1n) is 5.90. The van der Waals surface area contributed by atoms with E-state index in [9.17, 15) is 0 Å². The van der Waals surface area contributed by atoms with E-state index in [1.807, 2.05) is 0 Å². The summed E-state index contributed by atoms with van der Waals surface area (Å²) < 4.78 is 5.51. The van der Waals surface area contributed by atoms with E-state index < -0.39 is 0 Å². The Hall–Kier alpha value is -1.02. The summed E-state index contributed by atoms with van der Waals surface area (Å²) in [5.74, 6) is 1.10. The molecule has 0 saturated carbocycles. The van der Waals surface area contributed by atoms with Crippen molar-refractivity contribution in [1.82, 2.24) is 5.32 Å². The van der Waals surface area contributed by atoms with Gasteiger partial charge in [-0.15, -0.1) is 0 Å². The molecule has 3 rings (SSSR count). The normalized spacial score (nSPS) is 23.9. The zero-order valence-corrected chi connectivity index (χ0v) is 8.96. The molecule has 2 nitrogen and oxygen atoms in total. The van der Waals surface area contributed by atoms with Crippen molar-refractivity contribution >= 4 is 0 Å². The topological polar surface area (TPSA) is 21.3 Å². The van der Waals surface area contributed by atoms with E-state index in [0.717, 1.165) is 18.8 Å². The van der Waals surface area contributed by atoms with Crippen molar-refractivity contribution in [3.05, 3.63) is 29.3 Å². The van der Waals surface area contributed by atoms with Crippen LogP contribution >= 0.6 is 0 Å². The maximum atomic E-state index is 5.51. The summed E-state index contributed by atoms with van der Waals surface area (Å²) in [5, 5.41) is 3.54. The molecule has 0 radical (unpaired) electrons. The van der Waals surface area contributed by atoms with E-state index >= 15 is 0 Å². The fourth-order valence-electron chi connectivity index (χ4n) is 2.58. The van der Waals surface area contributed by atoms with Crippen LogP contribution in [0.3, 0.4) is 0 Å². The smallest absolute Gasteiger partial charge is 0.122 e. The molecular formula is C13H17NO. The van der Waals surface area contributed by atoms with Gasteiger partial charge in [0.25, 0.3) is 0 Å². The lowest BCUT2D eigenvalue weighted by molar-refractivity contribution is 0.357. The Labute approximate surface area is 90.6 Å². The van der Waals surface area contributed by atoms with Crippen molar-refractivity contribution in [1.29, 1.82) is 0 Å². The summed E-state index contributed by atoms with van der Waals surface area (Å²) in [6.45, 7) is 2.05. The zero-order chi connectivity index (χ0) is 10.1. The molecule has 15 heavy (non-hydrogen) atoms. The second kappa shape index (κ2) is 3.86. The maximum absolute atomic E-state index is 5.51. The molecule has 0 spiro atoms. The molecule has 1 aromatic rings. The molecule has 1 aromatic carbocycles. The van der Waals surface area contributed by atoms with E-state index in [1.54, 1.807) is 0 Å². The molecule has 2 heteroatoms. The molecule has 2 aliphatic rings. The van der Waals surface area contributed by atoms with Gasteiger partial charge in [-0.3, -0.25) is 0 Å². The van der Waals surface area contributed by atoms with E-state index in [-0.39, 0.29) is 0 Å². The molecule has 2 aliphatic heterocycles. The van der Waals surface area contributed by atoms with Gasteiger partial charge in [-0.25, -0.2) is 0 Å². The lowest BCUT2D eigenvalue weighted by atomic mass is 10.0. The van der Waals surface area contributed by atoms with Gasteiger partial charge in [0.1, 0.15) is 5.75 Å². The van der Waals surface area contributed by atoms with Crippen molar-refractivity contribution in [3.63, 3.8) is 0 Å². The monoisotopic (exact) mass is 203 g/mol. The minimum Gasteiger partial charge on any atom is -0.493 e. The summed E-state index contributed by atoms with van der Waals surface area (Å²) in [6.07, 6.45) is 4.92. The van der Waals surface area contributed by atoms with E-state index in [4.69, 9.17) is 4.74 Å². The number of hydrogen-bond acceptors (Lipinski definition) is 2. The van der Waals surface area contributed by atoms with Gasteiger partial charge in [0.05, 0.1) is 6.61 Å². The number of nitrogens with one attached hydrogen (secondary N) is 1. The van der Waals surface area contributed by atoms with Crippen LogP contribution in [0.15, 0.2) is 18.2 Å². The highest BCUT2D eigenvalue weighted by atomic mass is 16.5. The highest BCUT2D eigenvalue weighted by Crippen LogP contribution is 2.26. The predicted octanol–water partition coefficient (Wildman–Crippen LogP) is 1.92. The van der Waals surface area contributed by atoms with Crippen LogP contribution in [0.2, 0.25) is 0 Å². The second-order valence-electron chi connectivity index (χ2n) is 4.54. The molecule has 0 aromatic heterocycles. The average Bonchev–Trinajstić information content (AvgIpc) is 2.87. The maximum Gasteiger partial charge on any atom is 0.122 e. The predicted molar refractivity (Wildman–Crippen MR) is 60.4 cm³/mol. The molecule has 0 bridgehead atoms. The first-order valence-corrected chi connectivity index (χ1v) is 5.90. The molecule has 80 valence electrons. The van der Waals surface area contributed by atoms with Crippen molar-refractivity contribution in [2.24, 2.45) is 0 Å². The van der Waals surface area contributed by atoms with Gasteiger partial charge in [0.15, 0.2) is 0 Å². The van der Waals surface area contributed by atoms with Gasteiger partial charge in [0.2, 0.25) is 0 Å². The van der Waals surface area contributed by atoms with Crippen LogP contribution in [-0.2, 0) is 12.8 Å². The number of benzene rings is 1. The van der Waals surface area contributed by atoms with Crippen LogP contribution in [0.25, 0.3) is 0 Å². The Morgan fingerprint density at radius 3 is 3.27 bits per heavy atom. The zero-order valence-electron chi connectivity index (χ0n) is 8.96. The largest absolute Gasteiger partial charge is 0.493 e. The highest BCUT2D eigenvalue weighted by molar-refractivity contribution is 5.40. The van der Waals surface area contributed by atoms with E-state index in [2.05, 4.69) is 23.5 Å². The summed E-state index contributed by atoms with van der Waals surface area (Å²) in [4.78, 5) is 0. The van der Waals surface area contributed by atoms with E-state index in [1.165, 1.54) is 36.9 Å². The molecule has 0 aliphatic carbocycles. The summed E-state index contributed by atoms with van der Waals surface area (Å²) >= 11 is 0. The third-order valence-electron chi connectivity index (χ3n) is 3.40. The number of rotatable bonds is 2. The Morgan fingerprint density at radius 2 is 2.40 bits per heavy atom. The van der Waals surface area contributed by atoms with Gasteiger partial charge in [-0.05, 0) is 43.0 Å². The number of ether oxygens (including phenoxy) is 1. The lowest BCUT2D eigenvalue weighted by Gasteiger charge is -2.10. The van der Waals surface area contributed by atoms with Gasteiger partial charge >= 0.3 is 0 Å². The van der Waals surface area contributed by atoms with Crippen LogP contribution in [0.1, 0.15) is 24.0 Å². The second-order valence-corrected chi connectivity index (χ2v) is 4.54. The Balaban J connectivity index is 1.75. The van der Waals surface area contributed by atoms with Crippen molar-refractivity contribution in [3.8, 4) is 5.75 Å². The van der Waals surface area contributed by atoms with E-state index in [0.29, 0.717) is 6.04 Å². The quantitative estimate of drug-likeness (QED) is 0.793. The van der Waals surface area contributed by atoms with Gasteiger partial charge < -0.3 is 10.1 Å². The molecule has 1 unspecified atom stereocenters. The Kier molecular flexibility index (Phi) is 2.37. The summed E-state index contributed by atoms with van der Waals surface area (Å²) in [7, 11) is 0. The fraction of sp³-hybridized carbons (Fsp3) is 0.538. The van der Waals surface area contributed by atoms with Crippen molar-refractivity contribution in [2.45, 2.75) is 31.7 Å². The molecule has 1 saturated heterocycles. The van der Waals surface area contributed by atoms with Gasteiger partial charge in [-0.2, -0.15) is 0 Å². The summed E-state index contributed by atoms with van der Waals surface area (Å²) in [5.41, 5.74) is 2.85. The molecular weight excluding hydrogens is 186 g/mol. The van der Waals surface area contributed by atoms with Crippen LogP contribution in [0.4, 0.5) is 0 Å². The molecule has 1 fully saturated rings. The van der Waals surface area contributed by atoms with Gasteiger partial charge in [-0.1, -0.05) is 12.1 Å². The lowest BCUT2D eigenvalue weighted by Crippen LogP contribution is -2.23. The van der Waals surface area contributed by atoms with Crippen LogP contribution < -0.4 is 10.1 Å². The first kappa shape index (κ1) is 9.22. The third-order valence-corrected chi connectivity index (χ3v) is 3.40. The molecule has 0 amide bonds. The van der Waals surface area contributed by atoms with Crippen molar-refractivity contribution < 1.29 is 4.74 Å².